The van der Waals surface area contributed by atoms with Crippen molar-refractivity contribution in [2.45, 2.75) is 32.4 Å². The Hall–Kier alpha value is -3.55. The number of esters is 1. The molecular formula is C27H27F3N2O3. The lowest BCUT2D eigenvalue weighted by molar-refractivity contribution is -0.158. The van der Waals surface area contributed by atoms with Crippen molar-refractivity contribution >= 4 is 28.5 Å². The van der Waals surface area contributed by atoms with Crippen LogP contribution in [0.2, 0.25) is 0 Å². The number of ether oxygens (including phenoxy) is 1. The number of carbonyl (C=O) groups is 2. The first kappa shape index (κ1) is 24.6. The van der Waals surface area contributed by atoms with Crippen molar-refractivity contribution in [3.63, 3.8) is 0 Å². The summed E-state index contributed by atoms with van der Waals surface area (Å²) in [5, 5.41) is 4.77. The van der Waals surface area contributed by atoms with Crippen LogP contribution in [0, 0.1) is 5.41 Å². The van der Waals surface area contributed by atoms with Crippen LogP contribution in [-0.2, 0) is 22.1 Å². The standard InChI is InChI=1S/C27H27F3N2O3/c1-2-35-24(33)26(17-20-9-5-8-19-7-3-4-10-23(19)20)15-6-16-32(18-26)25(34)31-22-13-11-21(12-14-22)27(28,29)30/h3-5,7-14H,2,6,15-18H2,1H3,(H,31,34). The Labute approximate surface area is 201 Å². The van der Waals surface area contributed by atoms with E-state index in [2.05, 4.69) is 5.32 Å². The quantitative estimate of drug-likeness (QED) is 0.434. The van der Waals surface area contributed by atoms with Crippen LogP contribution in [0.15, 0.2) is 66.7 Å². The number of piperidine rings is 1. The smallest absolute Gasteiger partial charge is 0.416 e. The number of fused-ring (bicyclic) bond motifs is 1. The van der Waals surface area contributed by atoms with Gasteiger partial charge >= 0.3 is 18.2 Å². The fraction of sp³-hybridized carbons (Fsp3) is 0.333. The van der Waals surface area contributed by atoms with Crippen LogP contribution in [0.5, 0.6) is 0 Å². The fourth-order valence-corrected chi connectivity index (χ4v) is 4.73. The van der Waals surface area contributed by atoms with Gasteiger partial charge in [-0.15, -0.1) is 0 Å². The Morgan fingerprint density at radius 2 is 1.74 bits per heavy atom. The minimum atomic E-state index is -4.45. The van der Waals surface area contributed by atoms with E-state index < -0.39 is 23.2 Å². The van der Waals surface area contributed by atoms with Crippen molar-refractivity contribution in [1.82, 2.24) is 4.90 Å². The van der Waals surface area contributed by atoms with Crippen molar-refractivity contribution in [3.05, 3.63) is 77.9 Å². The van der Waals surface area contributed by atoms with Gasteiger partial charge in [0, 0.05) is 18.8 Å². The van der Waals surface area contributed by atoms with E-state index in [0.717, 1.165) is 28.5 Å². The summed E-state index contributed by atoms with van der Waals surface area (Å²) in [4.78, 5) is 27.8. The molecule has 1 fully saturated rings. The van der Waals surface area contributed by atoms with Crippen LogP contribution in [0.1, 0.15) is 30.9 Å². The summed E-state index contributed by atoms with van der Waals surface area (Å²) in [5.41, 5.74) is -0.453. The Morgan fingerprint density at radius 1 is 1.03 bits per heavy atom. The molecule has 2 amide bonds. The monoisotopic (exact) mass is 484 g/mol. The van der Waals surface area contributed by atoms with Crippen molar-refractivity contribution in [3.8, 4) is 0 Å². The summed E-state index contributed by atoms with van der Waals surface area (Å²) in [6.45, 7) is 2.57. The normalized spacial score (nSPS) is 18.3. The van der Waals surface area contributed by atoms with Crippen LogP contribution >= 0.6 is 0 Å². The molecule has 3 aromatic carbocycles. The average Bonchev–Trinajstić information content (AvgIpc) is 2.84. The molecule has 0 radical (unpaired) electrons. The van der Waals surface area contributed by atoms with E-state index in [1.54, 1.807) is 11.8 Å². The number of nitrogens with zero attached hydrogens (tertiary/aromatic N) is 1. The highest BCUT2D eigenvalue weighted by molar-refractivity contribution is 5.91. The molecule has 4 rings (SSSR count). The number of anilines is 1. The molecule has 1 aliphatic rings. The van der Waals surface area contributed by atoms with Crippen molar-refractivity contribution in [2.24, 2.45) is 5.41 Å². The second-order valence-corrected chi connectivity index (χ2v) is 8.85. The number of nitrogens with one attached hydrogen (secondary N) is 1. The first-order valence-corrected chi connectivity index (χ1v) is 11.6. The first-order valence-electron chi connectivity index (χ1n) is 11.6. The third-order valence-electron chi connectivity index (χ3n) is 6.44. The zero-order chi connectivity index (χ0) is 25.1. The van der Waals surface area contributed by atoms with Crippen LogP contribution in [0.25, 0.3) is 10.8 Å². The van der Waals surface area contributed by atoms with Gasteiger partial charge in [-0.2, -0.15) is 13.2 Å². The van der Waals surface area contributed by atoms with Gasteiger partial charge in [-0.1, -0.05) is 42.5 Å². The van der Waals surface area contributed by atoms with Gasteiger partial charge in [-0.25, -0.2) is 4.79 Å². The lowest BCUT2D eigenvalue weighted by Crippen LogP contribution is -2.52. The van der Waals surface area contributed by atoms with E-state index in [4.69, 9.17) is 4.74 Å². The van der Waals surface area contributed by atoms with Crippen molar-refractivity contribution in [1.29, 1.82) is 0 Å². The van der Waals surface area contributed by atoms with Gasteiger partial charge in [0.2, 0.25) is 0 Å². The largest absolute Gasteiger partial charge is 0.466 e. The number of hydrogen-bond donors (Lipinski definition) is 1. The minimum Gasteiger partial charge on any atom is -0.466 e. The Balaban J connectivity index is 1.57. The SMILES string of the molecule is CCOC(=O)C1(Cc2cccc3ccccc23)CCCN(C(=O)Nc2ccc(C(F)(F)F)cc2)C1. The predicted molar refractivity (Wildman–Crippen MR) is 128 cm³/mol. The number of urea groups is 1. The molecule has 1 unspecified atom stereocenters. The van der Waals surface area contributed by atoms with Crippen LogP contribution < -0.4 is 5.32 Å². The van der Waals surface area contributed by atoms with Gasteiger partial charge in [0.1, 0.15) is 0 Å². The number of amides is 2. The Kier molecular flexibility index (Phi) is 7.00. The van der Waals surface area contributed by atoms with Gasteiger partial charge in [0.05, 0.1) is 17.6 Å². The molecule has 1 atom stereocenters. The summed E-state index contributed by atoms with van der Waals surface area (Å²) >= 11 is 0. The lowest BCUT2D eigenvalue weighted by Gasteiger charge is -2.41. The molecule has 184 valence electrons. The molecule has 1 saturated heterocycles. The Bertz CT molecular complexity index is 1210. The maximum absolute atomic E-state index is 13.2. The number of alkyl halides is 3. The fourth-order valence-electron chi connectivity index (χ4n) is 4.73. The summed E-state index contributed by atoms with van der Waals surface area (Å²) in [7, 11) is 0. The molecule has 1 aliphatic heterocycles. The number of carbonyl (C=O) groups excluding carboxylic acids is 2. The van der Waals surface area contributed by atoms with E-state index in [1.165, 1.54) is 12.1 Å². The molecule has 1 heterocycles. The van der Waals surface area contributed by atoms with Gasteiger partial charge in [0.15, 0.2) is 0 Å². The van der Waals surface area contributed by atoms with Gasteiger partial charge < -0.3 is 15.0 Å². The van der Waals surface area contributed by atoms with Gasteiger partial charge in [-0.05, 0) is 66.8 Å². The molecule has 8 heteroatoms. The summed E-state index contributed by atoms with van der Waals surface area (Å²) in [6, 6.07) is 17.7. The van der Waals surface area contributed by atoms with Crippen molar-refractivity contribution in [2.75, 3.05) is 25.0 Å². The molecule has 0 aliphatic carbocycles. The number of halogens is 3. The average molecular weight is 485 g/mol. The second kappa shape index (κ2) is 9.98. The maximum atomic E-state index is 13.2. The molecule has 0 spiro atoms. The molecule has 1 N–H and O–H groups in total. The topological polar surface area (TPSA) is 58.6 Å². The van der Waals surface area contributed by atoms with Crippen LogP contribution in [0.4, 0.5) is 23.7 Å². The number of benzene rings is 3. The summed E-state index contributed by atoms with van der Waals surface area (Å²) in [5.74, 6) is -0.347. The zero-order valence-corrected chi connectivity index (χ0v) is 19.4. The molecule has 35 heavy (non-hydrogen) atoms. The number of rotatable bonds is 5. The first-order chi connectivity index (χ1) is 16.7. The molecule has 0 aromatic heterocycles. The van der Waals surface area contributed by atoms with Gasteiger partial charge in [-0.3, -0.25) is 4.79 Å². The minimum absolute atomic E-state index is 0.154. The van der Waals surface area contributed by atoms with E-state index in [0.29, 0.717) is 25.8 Å². The third-order valence-corrected chi connectivity index (χ3v) is 6.44. The molecule has 5 nitrogen and oxygen atoms in total. The second-order valence-electron chi connectivity index (χ2n) is 8.85. The number of hydrogen-bond acceptors (Lipinski definition) is 3. The molecular weight excluding hydrogens is 457 g/mol. The molecule has 3 aromatic rings. The Morgan fingerprint density at radius 3 is 2.46 bits per heavy atom. The zero-order valence-electron chi connectivity index (χ0n) is 19.4. The van der Waals surface area contributed by atoms with Gasteiger partial charge in [0.25, 0.3) is 0 Å². The van der Waals surface area contributed by atoms with Crippen LogP contribution in [-0.4, -0.2) is 36.6 Å². The highest BCUT2D eigenvalue weighted by atomic mass is 19.4. The molecule has 0 saturated carbocycles. The predicted octanol–water partition coefficient (Wildman–Crippen LogP) is 6.28. The highest BCUT2D eigenvalue weighted by Gasteiger charge is 2.45. The molecule has 0 bridgehead atoms. The maximum Gasteiger partial charge on any atom is 0.416 e. The van der Waals surface area contributed by atoms with E-state index in [9.17, 15) is 22.8 Å². The van der Waals surface area contributed by atoms with Crippen LogP contribution in [0.3, 0.4) is 0 Å². The third kappa shape index (κ3) is 5.42. The number of likely N-dealkylation sites (tertiary alicyclic amines) is 1. The highest BCUT2D eigenvalue weighted by Crippen LogP contribution is 2.37. The van der Waals surface area contributed by atoms with E-state index >= 15 is 0 Å². The summed E-state index contributed by atoms with van der Waals surface area (Å²) < 4.78 is 44.0. The van der Waals surface area contributed by atoms with E-state index in [-0.39, 0.29) is 24.8 Å². The van der Waals surface area contributed by atoms with E-state index in [1.807, 2.05) is 42.5 Å². The van der Waals surface area contributed by atoms with Crippen molar-refractivity contribution < 1.29 is 27.5 Å². The lowest BCUT2D eigenvalue weighted by atomic mass is 9.74. The summed E-state index contributed by atoms with van der Waals surface area (Å²) in [6.07, 6.45) is -2.86.